The first-order chi connectivity index (χ1) is 10.1. The molecule has 110 valence electrons. The van der Waals surface area contributed by atoms with Crippen molar-refractivity contribution in [2.75, 3.05) is 6.61 Å². The van der Waals surface area contributed by atoms with Crippen LogP contribution in [-0.4, -0.2) is 29.6 Å². The molecule has 1 aromatic rings. The van der Waals surface area contributed by atoms with E-state index in [0.717, 1.165) is 0 Å². The number of nitrogens with zero attached hydrogens (tertiary/aromatic N) is 1. The molecule has 0 unspecified atom stereocenters. The van der Waals surface area contributed by atoms with Crippen LogP contribution in [0, 0.1) is 17.2 Å². The summed E-state index contributed by atoms with van der Waals surface area (Å²) in [6, 6.07) is 8.38. The van der Waals surface area contributed by atoms with Crippen LogP contribution in [0.3, 0.4) is 0 Å². The van der Waals surface area contributed by atoms with Crippen LogP contribution in [0.25, 0.3) is 0 Å². The van der Waals surface area contributed by atoms with Crippen molar-refractivity contribution >= 4 is 11.9 Å². The number of carbonyl (C=O) groups excluding carboxylic acids is 1. The molecule has 0 aliphatic heterocycles. The van der Waals surface area contributed by atoms with Crippen LogP contribution >= 0.6 is 0 Å². The standard InChI is InChI=1S/C15H16N2O4/c16-8-10-1-5-13(6-2-10)21-9-14(18)17-12-4-3-11(7-12)15(19)20/h1-2,5-6,11-12H,3-4,7,9H2,(H,17,18)(H,19,20)/t11-,12+/m0/s1. The van der Waals surface area contributed by atoms with E-state index in [1.807, 2.05) is 6.07 Å². The summed E-state index contributed by atoms with van der Waals surface area (Å²) in [6.45, 7) is -0.125. The second-order valence-electron chi connectivity index (χ2n) is 5.04. The maximum Gasteiger partial charge on any atom is 0.306 e. The van der Waals surface area contributed by atoms with E-state index in [-0.39, 0.29) is 24.5 Å². The Kier molecular flexibility index (Phi) is 4.77. The van der Waals surface area contributed by atoms with E-state index in [1.54, 1.807) is 24.3 Å². The molecule has 6 nitrogen and oxygen atoms in total. The van der Waals surface area contributed by atoms with Crippen LogP contribution in [0.4, 0.5) is 0 Å². The Morgan fingerprint density at radius 3 is 2.62 bits per heavy atom. The Morgan fingerprint density at radius 1 is 1.33 bits per heavy atom. The van der Waals surface area contributed by atoms with Gasteiger partial charge in [0.2, 0.25) is 0 Å². The van der Waals surface area contributed by atoms with Crippen LogP contribution in [0.2, 0.25) is 0 Å². The van der Waals surface area contributed by atoms with Gasteiger partial charge in [0, 0.05) is 6.04 Å². The van der Waals surface area contributed by atoms with Crippen LogP contribution < -0.4 is 10.1 Å². The number of hydrogen-bond acceptors (Lipinski definition) is 4. The largest absolute Gasteiger partial charge is 0.484 e. The van der Waals surface area contributed by atoms with Crippen molar-refractivity contribution in [1.82, 2.24) is 5.32 Å². The summed E-state index contributed by atoms with van der Waals surface area (Å²) in [6.07, 6.45) is 1.74. The number of hydrogen-bond donors (Lipinski definition) is 2. The summed E-state index contributed by atoms with van der Waals surface area (Å²) in [5.41, 5.74) is 0.525. The lowest BCUT2D eigenvalue weighted by Crippen LogP contribution is -2.36. The molecular formula is C15H16N2O4. The summed E-state index contributed by atoms with van der Waals surface area (Å²) < 4.78 is 5.31. The van der Waals surface area contributed by atoms with Gasteiger partial charge in [-0.1, -0.05) is 0 Å². The van der Waals surface area contributed by atoms with E-state index < -0.39 is 5.97 Å². The third kappa shape index (κ3) is 4.21. The molecule has 1 saturated carbocycles. The molecule has 0 saturated heterocycles. The average Bonchev–Trinajstić information content (AvgIpc) is 2.94. The summed E-state index contributed by atoms with van der Waals surface area (Å²) >= 11 is 0. The number of carboxylic acid groups (broad SMARTS) is 1. The Labute approximate surface area is 122 Å². The molecule has 0 heterocycles. The zero-order chi connectivity index (χ0) is 15.2. The lowest BCUT2D eigenvalue weighted by Gasteiger charge is -2.13. The van der Waals surface area contributed by atoms with Crippen LogP contribution in [0.1, 0.15) is 24.8 Å². The van der Waals surface area contributed by atoms with Gasteiger partial charge in [-0.3, -0.25) is 9.59 Å². The van der Waals surface area contributed by atoms with Gasteiger partial charge >= 0.3 is 5.97 Å². The van der Waals surface area contributed by atoms with E-state index in [0.29, 0.717) is 30.6 Å². The third-order valence-corrected chi connectivity index (χ3v) is 3.50. The lowest BCUT2D eigenvalue weighted by molar-refractivity contribution is -0.141. The van der Waals surface area contributed by atoms with E-state index >= 15 is 0 Å². The molecule has 0 bridgehead atoms. The molecule has 21 heavy (non-hydrogen) atoms. The van der Waals surface area contributed by atoms with Gasteiger partial charge in [-0.25, -0.2) is 0 Å². The fraction of sp³-hybridized carbons (Fsp3) is 0.400. The Balaban J connectivity index is 1.75. The molecule has 1 amide bonds. The fourth-order valence-corrected chi connectivity index (χ4v) is 2.38. The first kappa shape index (κ1) is 14.9. The normalized spacial score (nSPS) is 20.5. The molecule has 0 radical (unpaired) electrons. The van der Waals surface area contributed by atoms with Crippen molar-refractivity contribution in [3.05, 3.63) is 29.8 Å². The zero-order valence-corrected chi connectivity index (χ0v) is 11.4. The molecule has 1 aromatic carbocycles. The smallest absolute Gasteiger partial charge is 0.306 e. The van der Waals surface area contributed by atoms with Crippen molar-refractivity contribution in [1.29, 1.82) is 5.26 Å². The summed E-state index contributed by atoms with van der Waals surface area (Å²) in [5.74, 6) is -0.926. The van der Waals surface area contributed by atoms with E-state index in [9.17, 15) is 9.59 Å². The zero-order valence-electron chi connectivity index (χ0n) is 11.4. The predicted molar refractivity (Wildman–Crippen MR) is 73.6 cm³/mol. The van der Waals surface area contributed by atoms with Crippen molar-refractivity contribution in [2.45, 2.75) is 25.3 Å². The molecule has 1 aliphatic carbocycles. The van der Waals surface area contributed by atoms with Gasteiger partial charge in [-0.15, -0.1) is 0 Å². The van der Waals surface area contributed by atoms with Crippen molar-refractivity contribution < 1.29 is 19.4 Å². The van der Waals surface area contributed by atoms with Crippen LogP contribution in [-0.2, 0) is 9.59 Å². The van der Waals surface area contributed by atoms with Crippen molar-refractivity contribution in [3.63, 3.8) is 0 Å². The van der Waals surface area contributed by atoms with E-state index in [2.05, 4.69) is 5.32 Å². The topological polar surface area (TPSA) is 99.4 Å². The van der Waals surface area contributed by atoms with Crippen LogP contribution in [0.5, 0.6) is 5.75 Å². The van der Waals surface area contributed by atoms with E-state index in [4.69, 9.17) is 15.1 Å². The number of amides is 1. The molecule has 1 aliphatic rings. The quantitative estimate of drug-likeness (QED) is 0.851. The Morgan fingerprint density at radius 2 is 2.05 bits per heavy atom. The van der Waals surface area contributed by atoms with Gasteiger partial charge in [0.25, 0.3) is 5.91 Å². The number of carboxylic acids is 1. The van der Waals surface area contributed by atoms with E-state index in [1.165, 1.54) is 0 Å². The minimum Gasteiger partial charge on any atom is -0.484 e. The number of benzene rings is 1. The number of rotatable bonds is 5. The van der Waals surface area contributed by atoms with Gasteiger partial charge in [-0.05, 0) is 43.5 Å². The number of nitriles is 1. The van der Waals surface area contributed by atoms with Gasteiger partial charge in [0.15, 0.2) is 6.61 Å². The van der Waals surface area contributed by atoms with Crippen molar-refractivity contribution in [2.24, 2.45) is 5.92 Å². The van der Waals surface area contributed by atoms with Gasteiger partial charge in [0.05, 0.1) is 17.6 Å². The van der Waals surface area contributed by atoms with Crippen LogP contribution in [0.15, 0.2) is 24.3 Å². The fourth-order valence-electron chi connectivity index (χ4n) is 2.38. The maximum absolute atomic E-state index is 11.7. The lowest BCUT2D eigenvalue weighted by atomic mass is 10.1. The average molecular weight is 288 g/mol. The molecule has 2 N–H and O–H groups in total. The molecule has 2 rings (SSSR count). The predicted octanol–water partition coefficient (Wildman–Crippen LogP) is 1.31. The minimum atomic E-state index is -0.805. The molecule has 0 aromatic heterocycles. The van der Waals surface area contributed by atoms with Gasteiger partial charge in [-0.2, -0.15) is 5.26 Å². The highest BCUT2D eigenvalue weighted by Gasteiger charge is 2.30. The molecule has 0 spiro atoms. The van der Waals surface area contributed by atoms with Crippen molar-refractivity contribution in [3.8, 4) is 11.8 Å². The summed E-state index contributed by atoms with van der Waals surface area (Å²) in [4.78, 5) is 22.6. The molecule has 6 heteroatoms. The highest BCUT2D eigenvalue weighted by Crippen LogP contribution is 2.25. The Hall–Kier alpha value is -2.55. The highest BCUT2D eigenvalue weighted by molar-refractivity contribution is 5.78. The maximum atomic E-state index is 11.7. The number of aliphatic carboxylic acids is 1. The summed E-state index contributed by atoms with van der Waals surface area (Å²) in [7, 11) is 0. The molecular weight excluding hydrogens is 272 g/mol. The first-order valence-electron chi connectivity index (χ1n) is 6.73. The third-order valence-electron chi connectivity index (χ3n) is 3.50. The summed E-state index contributed by atoms with van der Waals surface area (Å²) in [5, 5.41) is 20.3. The van der Waals surface area contributed by atoms with Gasteiger partial charge < -0.3 is 15.2 Å². The second kappa shape index (κ2) is 6.75. The SMILES string of the molecule is N#Cc1ccc(OCC(=O)N[C@@H]2CC[C@H](C(=O)O)C2)cc1. The Bertz CT molecular complexity index is 562. The van der Waals surface area contributed by atoms with Gasteiger partial charge in [0.1, 0.15) is 5.75 Å². The molecule has 2 atom stereocenters. The monoisotopic (exact) mass is 288 g/mol. The number of nitrogens with one attached hydrogen (secondary N) is 1. The highest BCUT2D eigenvalue weighted by atomic mass is 16.5. The second-order valence-corrected chi connectivity index (χ2v) is 5.04. The molecule has 1 fully saturated rings. The number of carbonyl (C=O) groups is 2. The first-order valence-corrected chi connectivity index (χ1v) is 6.73. The number of ether oxygens (including phenoxy) is 1. The minimum absolute atomic E-state index is 0.0943.